The Balaban J connectivity index is -0.000000108. The summed E-state index contributed by atoms with van der Waals surface area (Å²) in [6.45, 7) is 0.800. The molecule has 0 radical (unpaired) electrons. The van der Waals surface area contributed by atoms with Crippen LogP contribution in [0.25, 0.3) is 0 Å². The van der Waals surface area contributed by atoms with Gasteiger partial charge in [0.25, 0.3) is 0 Å². The van der Waals surface area contributed by atoms with Gasteiger partial charge in [0.1, 0.15) is 0 Å². The Labute approximate surface area is 142 Å². The van der Waals surface area contributed by atoms with E-state index in [1.54, 1.807) is 0 Å². The summed E-state index contributed by atoms with van der Waals surface area (Å²) in [5.74, 6) is 0. The van der Waals surface area contributed by atoms with Gasteiger partial charge in [-0.3, -0.25) is 0 Å². The Bertz CT molecular complexity index is 108. The van der Waals surface area contributed by atoms with E-state index in [0.29, 0.717) is 0 Å². The fourth-order valence-electron chi connectivity index (χ4n) is 0.677. The van der Waals surface area contributed by atoms with Crippen LogP contribution in [-0.4, -0.2) is 112 Å². The second kappa shape index (κ2) is 37.4. The van der Waals surface area contributed by atoms with E-state index in [9.17, 15) is 15.3 Å². The van der Waals surface area contributed by atoms with E-state index in [-0.39, 0.29) is 96.6 Å². The number of hydrogen-bond donors (Lipinski definition) is 3. The molecule has 0 saturated carbocycles. The maximum Gasteiger partial charge on any atom is 3.00 e. The molecular formula is C12H27AlO9. The van der Waals surface area contributed by atoms with Crippen molar-refractivity contribution < 1.29 is 44.8 Å². The van der Waals surface area contributed by atoms with E-state index in [1.807, 2.05) is 0 Å². The minimum atomic E-state index is -0.222. The second-order valence-corrected chi connectivity index (χ2v) is 3.12. The van der Waals surface area contributed by atoms with Crippen molar-refractivity contribution in [3.63, 3.8) is 0 Å². The van der Waals surface area contributed by atoms with Crippen molar-refractivity contribution in [1.82, 2.24) is 0 Å². The Morgan fingerprint density at radius 3 is 0.864 bits per heavy atom. The average molecular weight is 342 g/mol. The zero-order valence-electron chi connectivity index (χ0n) is 12.9. The standard InChI is InChI=1S/3C4H9O3.Al/c3*5-1-3-7-4-2-6;/h3*5H,1-4H2;/q3*-1;+3. The molecule has 0 aromatic heterocycles. The fourth-order valence-corrected chi connectivity index (χ4v) is 0.677. The molecule has 0 aromatic carbocycles. The molecule has 0 fully saturated rings. The van der Waals surface area contributed by atoms with Crippen LogP contribution in [-0.2, 0) is 14.2 Å². The first-order valence-electron chi connectivity index (χ1n) is 6.55. The van der Waals surface area contributed by atoms with Crippen LogP contribution in [0.2, 0.25) is 0 Å². The topological polar surface area (TPSA) is 158 Å². The molecule has 0 aliphatic carbocycles. The number of ether oxygens (including phenoxy) is 3. The molecule has 0 aromatic rings. The quantitative estimate of drug-likeness (QED) is 0.233. The molecule has 0 aliphatic heterocycles. The molecular weight excluding hydrogens is 315 g/mol. The number of hydrogen-bond acceptors (Lipinski definition) is 9. The molecule has 22 heavy (non-hydrogen) atoms. The predicted octanol–water partition coefficient (Wildman–Crippen LogP) is -5.31. The van der Waals surface area contributed by atoms with Gasteiger partial charge in [0.2, 0.25) is 0 Å². The maximum absolute atomic E-state index is 9.60. The number of rotatable bonds is 12. The molecule has 0 bridgehead atoms. The molecule has 0 saturated heterocycles. The van der Waals surface area contributed by atoms with Gasteiger partial charge in [0.05, 0.1) is 39.6 Å². The molecule has 0 unspecified atom stereocenters. The van der Waals surface area contributed by atoms with Gasteiger partial charge in [-0.25, -0.2) is 0 Å². The molecule has 9 nitrogen and oxygen atoms in total. The van der Waals surface area contributed by atoms with Gasteiger partial charge < -0.3 is 44.8 Å². The van der Waals surface area contributed by atoms with Crippen LogP contribution >= 0.6 is 0 Å². The van der Waals surface area contributed by atoms with Gasteiger partial charge in [-0.05, 0) is 0 Å². The molecule has 0 aliphatic rings. The molecule has 10 heteroatoms. The van der Waals surface area contributed by atoms with Crippen molar-refractivity contribution in [2.75, 3.05) is 79.3 Å². The van der Waals surface area contributed by atoms with Crippen molar-refractivity contribution in [2.45, 2.75) is 0 Å². The third-order valence-electron chi connectivity index (χ3n) is 1.39. The van der Waals surface area contributed by atoms with Crippen LogP contribution < -0.4 is 15.3 Å². The summed E-state index contributed by atoms with van der Waals surface area (Å²) in [4.78, 5) is 0. The zero-order valence-corrected chi connectivity index (χ0v) is 14.0. The van der Waals surface area contributed by atoms with Crippen LogP contribution in [0.1, 0.15) is 0 Å². The summed E-state index contributed by atoms with van der Waals surface area (Å²) >= 11 is 0. The van der Waals surface area contributed by atoms with Gasteiger partial charge in [-0.2, -0.15) is 0 Å². The van der Waals surface area contributed by atoms with Crippen LogP contribution in [0, 0.1) is 0 Å². The van der Waals surface area contributed by atoms with Gasteiger partial charge in [-0.1, -0.05) is 0 Å². The summed E-state index contributed by atoms with van der Waals surface area (Å²) < 4.78 is 13.7. The first-order valence-corrected chi connectivity index (χ1v) is 6.55. The van der Waals surface area contributed by atoms with Crippen molar-refractivity contribution >= 4 is 17.4 Å². The first kappa shape index (κ1) is 30.1. The van der Waals surface area contributed by atoms with E-state index >= 15 is 0 Å². The Kier molecular flexibility index (Phi) is 51.2. The fraction of sp³-hybridized carbons (Fsp3) is 1.00. The number of aliphatic hydroxyl groups excluding tert-OH is 3. The molecule has 0 amide bonds. The summed E-state index contributed by atoms with van der Waals surface area (Å²) in [6, 6.07) is 0. The summed E-state index contributed by atoms with van der Waals surface area (Å²) in [5.41, 5.74) is 0. The largest absolute Gasteiger partial charge is 3.00 e. The molecule has 132 valence electrons. The van der Waals surface area contributed by atoms with Crippen LogP contribution in [0.15, 0.2) is 0 Å². The SMILES string of the molecule is [Al+3].[O-]CCOCCO.[O-]CCOCCO.[O-]CCOCCO. The van der Waals surface area contributed by atoms with Gasteiger partial charge in [0, 0.05) is 19.8 Å². The predicted molar refractivity (Wildman–Crippen MR) is 74.1 cm³/mol. The zero-order chi connectivity index (χ0) is 16.6. The summed E-state index contributed by atoms with van der Waals surface area (Å²) in [5, 5.41) is 53.0. The Morgan fingerprint density at radius 1 is 0.500 bits per heavy atom. The van der Waals surface area contributed by atoms with E-state index in [0.717, 1.165) is 0 Å². The third kappa shape index (κ3) is 50.0. The smallest absolute Gasteiger partial charge is 0.853 e. The normalized spacial score (nSPS) is 9.00. The molecule has 0 rings (SSSR count). The third-order valence-corrected chi connectivity index (χ3v) is 1.39. The van der Waals surface area contributed by atoms with Gasteiger partial charge in [0.15, 0.2) is 0 Å². The molecule has 0 heterocycles. The van der Waals surface area contributed by atoms with E-state index in [4.69, 9.17) is 15.3 Å². The summed E-state index contributed by atoms with van der Waals surface area (Å²) in [7, 11) is 0. The maximum atomic E-state index is 9.60. The molecule has 3 N–H and O–H groups in total. The molecule has 0 atom stereocenters. The van der Waals surface area contributed by atoms with Crippen LogP contribution in [0.3, 0.4) is 0 Å². The van der Waals surface area contributed by atoms with Gasteiger partial charge in [-0.15, -0.1) is 19.8 Å². The van der Waals surface area contributed by atoms with Crippen molar-refractivity contribution in [3.8, 4) is 0 Å². The van der Waals surface area contributed by atoms with E-state index < -0.39 is 0 Å². The average Bonchev–Trinajstić information content (AvgIpc) is 2.50. The minimum Gasteiger partial charge on any atom is -0.853 e. The van der Waals surface area contributed by atoms with Crippen LogP contribution in [0.5, 0.6) is 0 Å². The second-order valence-electron chi connectivity index (χ2n) is 3.12. The minimum absolute atomic E-state index is 0. The van der Waals surface area contributed by atoms with E-state index in [1.165, 1.54) is 0 Å². The Morgan fingerprint density at radius 2 is 0.727 bits per heavy atom. The monoisotopic (exact) mass is 342 g/mol. The first-order chi connectivity index (χ1) is 10.2. The number of aliphatic hydroxyl groups is 3. The van der Waals surface area contributed by atoms with Gasteiger partial charge >= 0.3 is 17.4 Å². The summed E-state index contributed by atoms with van der Waals surface area (Å²) in [6.07, 6.45) is 0. The molecule has 0 spiro atoms. The van der Waals surface area contributed by atoms with E-state index in [2.05, 4.69) is 14.2 Å². The van der Waals surface area contributed by atoms with Crippen molar-refractivity contribution in [2.24, 2.45) is 0 Å². The van der Waals surface area contributed by atoms with Crippen molar-refractivity contribution in [3.05, 3.63) is 0 Å². The van der Waals surface area contributed by atoms with Crippen LogP contribution in [0.4, 0.5) is 0 Å². The Hall–Kier alpha value is 0.172. The van der Waals surface area contributed by atoms with Crippen molar-refractivity contribution in [1.29, 1.82) is 0 Å².